The van der Waals surface area contributed by atoms with Crippen LogP contribution in [-0.4, -0.2) is 38.9 Å². The highest BCUT2D eigenvalue weighted by Gasteiger charge is 2.35. The summed E-state index contributed by atoms with van der Waals surface area (Å²) in [6, 6.07) is 3.96. The monoisotopic (exact) mass is 388 g/mol. The van der Waals surface area contributed by atoms with E-state index in [2.05, 4.69) is 4.72 Å². The standard InChI is InChI=1S/C17H22ClFN2O3S/c18-15-6-5-14(16(19)8-15)11-25(23,24)20-9-12-2-1-7-21(10-12)17(22)13-3-4-13/h5-6,8,12-13,20H,1-4,7,9-11H2/t12-/m0/s1. The number of rotatable bonds is 6. The van der Waals surface area contributed by atoms with E-state index in [0.717, 1.165) is 38.3 Å². The fourth-order valence-corrected chi connectivity index (χ4v) is 4.55. The Morgan fingerprint density at radius 1 is 1.32 bits per heavy atom. The Kier molecular flexibility index (Phi) is 5.65. The molecule has 1 aromatic rings. The van der Waals surface area contributed by atoms with Crippen molar-refractivity contribution in [2.75, 3.05) is 19.6 Å². The van der Waals surface area contributed by atoms with Crippen LogP contribution in [0.4, 0.5) is 4.39 Å². The summed E-state index contributed by atoms with van der Waals surface area (Å²) in [6.45, 7) is 1.62. The van der Waals surface area contributed by atoms with Crippen LogP contribution < -0.4 is 4.72 Å². The predicted octanol–water partition coefficient (Wildman–Crippen LogP) is 2.55. The zero-order valence-electron chi connectivity index (χ0n) is 13.9. The molecular formula is C17H22ClFN2O3S. The molecule has 2 fully saturated rings. The van der Waals surface area contributed by atoms with E-state index in [1.807, 2.05) is 4.90 Å². The molecule has 1 aromatic carbocycles. The van der Waals surface area contributed by atoms with Gasteiger partial charge in [0.2, 0.25) is 15.9 Å². The zero-order chi connectivity index (χ0) is 18.0. The van der Waals surface area contributed by atoms with E-state index in [4.69, 9.17) is 11.6 Å². The highest BCUT2D eigenvalue weighted by molar-refractivity contribution is 7.88. The summed E-state index contributed by atoms with van der Waals surface area (Å²) in [7, 11) is -3.65. The molecule has 1 aliphatic heterocycles. The number of benzene rings is 1. The predicted molar refractivity (Wildman–Crippen MR) is 94.1 cm³/mol. The molecule has 8 heteroatoms. The first kappa shape index (κ1) is 18.6. The maximum absolute atomic E-state index is 13.8. The molecule has 0 unspecified atom stereocenters. The van der Waals surface area contributed by atoms with Gasteiger partial charge in [-0.25, -0.2) is 17.5 Å². The summed E-state index contributed by atoms with van der Waals surface area (Å²) >= 11 is 5.68. The van der Waals surface area contributed by atoms with Gasteiger partial charge in [0, 0.05) is 36.1 Å². The Balaban J connectivity index is 1.53. The highest BCUT2D eigenvalue weighted by atomic mass is 35.5. The van der Waals surface area contributed by atoms with Gasteiger partial charge < -0.3 is 4.90 Å². The number of hydrogen-bond donors (Lipinski definition) is 1. The molecule has 1 atom stereocenters. The lowest BCUT2D eigenvalue weighted by molar-refractivity contribution is -0.134. The molecule has 0 radical (unpaired) electrons. The fourth-order valence-electron chi connectivity index (χ4n) is 3.16. The third-order valence-corrected chi connectivity index (χ3v) is 6.24. The van der Waals surface area contributed by atoms with Crippen molar-refractivity contribution in [1.29, 1.82) is 0 Å². The van der Waals surface area contributed by atoms with Crippen LogP contribution in [0.25, 0.3) is 0 Å². The van der Waals surface area contributed by atoms with Gasteiger partial charge in [0.1, 0.15) is 5.82 Å². The second-order valence-corrected chi connectivity index (χ2v) is 9.15. The van der Waals surface area contributed by atoms with Gasteiger partial charge >= 0.3 is 0 Å². The van der Waals surface area contributed by atoms with Gasteiger partial charge in [-0.05, 0) is 43.7 Å². The van der Waals surface area contributed by atoms with Crippen molar-refractivity contribution >= 4 is 27.5 Å². The Bertz CT molecular complexity index is 752. The first-order valence-corrected chi connectivity index (χ1v) is 10.6. The van der Waals surface area contributed by atoms with E-state index in [9.17, 15) is 17.6 Å². The number of halogens is 2. The molecule has 25 heavy (non-hydrogen) atoms. The van der Waals surface area contributed by atoms with Crippen LogP contribution in [0.1, 0.15) is 31.2 Å². The third kappa shape index (κ3) is 5.15. The lowest BCUT2D eigenvalue weighted by atomic mass is 9.98. The third-order valence-electron chi connectivity index (χ3n) is 4.71. The second-order valence-electron chi connectivity index (χ2n) is 6.91. The summed E-state index contributed by atoms with van der Waals surface area (Å²) in [6.07, 6.45) is 3.71. The van der Waals surface area contributed by atoms with Crippen LogP contribution in [-0.2, 0) is 20.6 Å². The second kappa shape index (κ2) is 7.60. The van der Waals surface area contributed by atoms with Gasteiger partial charge in [-0.3, -0.25) is 4.79 Å². The van der Waals surface area contributed by atoms with Crippen LogP contribution in [0.2, 0.25) is 5.02 Å². The Hall–Kier alpha value is -1.18. The number of sulfonamides is 1. The minimum Gasteiger partial charge on any atom is -0.342 e. The molecule has 2 aliphatic rings. The topological polar surface area (TPSA) is 66.5 Å². The van der Waals surface area contributed by atoms with E-state index in [0.29, 0.717) is 6.54 Å². The quantitative estimate of drug-likeness (QED) is 0.814. The van der Waals surface area contributed by atoms with Crippen molar-refractivity contribution in [2.24, 2.45) is 11.8 Å². The average Bonchev–Trinajstić information content (AvgIpc) is 3.40. The van der Waals surface area contributed by atoms with Crippen molar-refractivity contribution in [3.05, 3.63) is 34.6 Å². The van der Waals surface area contributed by atoms with Gasteiger partial charge in [0.15, 0.2) is 0 Å². The molecule has 1 N–H and O–H groups in total. The Morgan fingerprint density at radius 2 is 2.08 bits per heavy atom. The number of likely N-dealkylation sites (tertiary alicyclic amines) is 1. The minimum absolute atomic E-state index is 0.0890. The molecule has 1 heterocycles. The number of carbonyl (C=O) groups excluding carboxylic acids is 1. The number of hydrogen-bond acceptors (Lipinski definition) is 3. The van der Waals surface area contributed by atoms with E-state index >= 15 is 0 Å². The molecule has 0 bridgehead atoms. The fraction of sp³-hybridized carbons (Fsp3) is 0.588. The number of nitrogens with one attached hydrogen (secondary N) is 1. The van der Waals surface area contributed by atoms with Gasteiger partial charge in [-0.2, -0.15) is 0 Å². The first-order valence-electron chi connectivity index (χ1n) is 8.54. The van der Waals surface area contributed by atoms with Gasteiger partial charge in [0.05, 0.1) is 5.75 Å². The molecule has 0 spiro atoms. The summed E-state index contributed by atoms with van der Waals surface area (Å²) < 4.78 is 40.8. The van der Waals surface area contributed by atoms with Crippen LogP contribution >= 0.6 is 11.6 Å². The lowest BCUT2D eigenvalue weighted by Gasteiger charge is -2.33. The van der Waals surface area contributed by atoms with Crippen LogP contribution in [0.3, 0.4) is 0 Å². The van der Waals surface area contributed by atoms with Gasteiger partial charge in [-0.1, -0.05) is 17.7 Å². The highest BCUT2D eigenvalue weighted by Crippen LogP contribution is 2.32. The maximum Gasteiger partial charge on any atom is 0.225 e. The molecular weight excluding hydrogens is 367 g/mol. The van der Waals surface area contributed by atoms with E-state index in [1.54, 1.807) is 0 Å². The lowest BCUT2D eigenvalue weighted by Crippen LogP contribution is -2.44. The van der Waals surface area contributed by atoms with E-state index < -0.39 is 21.6 Å². The number of piperidine rings is 1. The molecule has 1 saturated carbocycles. The summed E-state index contributed by atoms with van der Waals surface area (Å²) in [4.78, 5) is 14.0. The first-order chi connectivity index (χ1) is 11.8. The van der Waals surface area contributed by atoms with Crippen molar-refractivity contribution in [3.63, 3.8) is 0 Å². The number of nitrogens with zero attached hydrogens (tertiary/aromatic N) is 1. The number of carbonyl (C=O) groups is 1. The van der Waals surface area contributed by atoms with Gasteiger partial charge in [-0.15, -0.1) is 0 Å². The molecule has 1 saturated heterocycles. The van der Waals surface area contributed by atoms with Crippen molar-refractivity contribution < 1.29 is 17.6 Å². The van der Waals surface area contributed by atoms with E-state index in [1.165, 1.54) is 12.1 Å². The summed E-state index contributed by atoms with van der Waals surface area (Å²) in [5.41, 5.74) is 0.0890. The van der Waals surface area contributed by atoms with Crippen molar-refractivity contribution in [3.8, 4) is 0 Å². The molecule has 5 nitrogen and oxygen atoms in total. The molecule has 3 rings (SSSR count). The van der Waals surface area contributed by atoms with Crippen LogP contribution in [0.15, 0.2) is 18.2 Å². The van der Waals surface area contributed by atoms with Crippen molar-refractivity contribution in [2.45, 2.75) is 31.4 Å². The molecule has 0 aromatic heterocycles. The van der Waals surface area contributed by atoms with Crippen molar-refractivity contribution in [1.82, 2.24) is 9.62 Å². The molecule has 1 aliphatic carbocycles. The van der Waals surface area contributed by atoms with Crippen LogP contribution in [0.5, 0.6) is 0 Å². The minimum atomic E-state index is -3.65. The normalized spacial score (nSPS) is 21.4. The van der Waals surface area contributed by atoms with Crippen LogP contribution in [0, 0.1) is 17.7 Å². The maximum atomic E-state index is 13.8. The molecule has 138 valence electrons. The Labute approximate surface area is 152 Å². The SMILES string of the molecule is O=C(C1CC1)N1CCC[C@@H](CNS(=O)(=O)Cc2ccc(Cl)cc2F)C1. The Morgan fingerprint density at radius 3 is 2.76 bits per heavy atom. The number of amides is 1. The summed E-state index contributed by atoms with van der Waals surface area (Å²) in [5.74, 6) is -0.565. The smallest absolute Gasteiger partial charge is 0.225 e. The summed E-state index contributed by atoms with van der Waals surface area (Å²) in [5, 5.41) is 0.231. The zero-order valence-corrected chi connectivity index (χ0v) is 15.5. The molecule has 1 amide bonds. The van der Waals surface area contributed by atoms with Gasteiger partial charge in [0.25, 0.3) is 0 Å². The largest absolute Gasteiger partial charge is 0.342 e. The van der Waals surface area contributed by atoms with E-state index in [-0.39, 0.29) is 34.9 Å². The average molecular weight is 389 g/mol.